The minimum atomic E-state index is -0.115. The van der Waals surface area contributed by atoms with Gasteiger partial charge < -0.3 is 14.2 Å². The van der Waals surface area contributed by atoms with E-state index < -0.39 is 0 Å². The highest BCUT2D eigenvalue weighted by molar-refractivity contribution is 7.80. The first-order valence-corrected chi connectivity index (χ1v) is 9.47. The fourth-order valence-electron chi connectivity index (χ4n) is 3.19. The zero-order valence-corrected chi connectivity index (χ0v) is 16.1. The number of aliphatic imine (C=N–C) groups is 2. The van der Waals surface area contributed by atoms with Gasteiger partial charge in [0.1, 0.15) is 10.7 Å². The van der Waals surface area contributed by atoms with Gasteiger partial charge in [0.05, 0.1) is 19.1 Å². The third kappa shape index (κ3) is 3.45. The molecule has 27 heavy (non-hydrogen) atoms. The Morgan fingerprint density at radius 1 is 1.04 bits per heavy atom. The van der Waals surface area contributed by atoms with E-state index in [1.54, 1.807) is 0 Å². The smallest absolute Gasteiger partial charge is 0.207 e. The lowest BCUT2D eigenvalue weighted by Crippen LogP contribution is -2.36. The van der Waals surface area contributed by atoms with Crippen molar-refractivity contribution in [3.05, 3.63) is 53.6 Å². The second kappa shape index (κ2) is 7.48. The Morgan fingerprint density at radius 2 is 1.81 bits per heavy atom. The number of hydrogen-bond donors (Lipinski definition) is 0. The van der Waals surface area contributed by atoms with E-state index in [0.29, 0.717) is 36.4 Å². The molecule has 0 N–H and O–H groups in total. The van der Waals surface area contributed by atoms with Crippen LogP contribution < -0.4 is 14.2 Å². The Labute approximate surface area is 163 Å². The number of hydrogen-bond acceptors (Lipinski definition) is 5. The fourth-order valence-corrected chi connectivity index (χ4v) is 3.46. The van der Waals surface area contributed by atoms with Crippen LogP contribution in [0, 0.1) is 5.92 Å². The van der Waals surface area contributed by atoms with Crippen LogP contribution in [-0.4, -0.2) is 29.9 Å². The van der Waals surface area contributed by atoms with Crippen molar-refractivity contribution >= 4 is 28.9 Å². The standard InChI is InChI=1S/C21H20N2O3S/c1-3-24-15-10-8-13(9-11-15)19-22-20-16(21(27)23-19)12-14-6-5-7-17(25-4-2)18(14)26-20/h5-11,16H,3-4,12H2,1-2H3. The monoisotopic (exact) mass is 380 g/mol. The second-order valence-corrected chi connectivity index (χ2v) is 6.64. The van der Waals surface area contributed by atoms with Crippen LogP contribution in [0.1, 0.15) is 25.0 Å². The quantitative estimate of drug-likeness (QED) is 0.729. The highest BCUT2D eigenvalue weighted by Crippen LogP contribution is 2.38. The summed E-state index contributed by atoms with van der Waals surface area (Å²) in [7, 11) is 0. The Kier molecular flexibility index (Phi) is 4.90. The summed E-state index contributed by atoms with van der Waals surface area (Å²) in [5.74, 6) is 3.30. The summed E-state index contributed by atoms with van der Waals surface area (Å²) in [6, 6.07) is 13.6. The number of thiocarbonyl (C=S) groups is 1. The van der Waals surface area contributed by atoms with Crippen LogP contribution in [-0.2, 0) is 6.42 Å². The number of nitrogens with zero attached hydrogens (tertiary/aromatic N) is 2. The summed E-state index contributed by atoms with van der Waals surface area (Å²) in [5.41, 5.74) is 1.94. The number of amidine groups is 1. The maximum absolute atomic E-state index is 6.14. The van der Waals surface area contributed by atoms with Crippen LogP contribution in [0.2, 0.25) is 0 Å². The van der Waals surface area contributed by atoms with Gasteiger partial charge in [-0.1, -0.05) is 24.4 Å². The zero-order valence-electron chi connectivity index (χ0n) is 15.3. The summed E-state index contributed by atoms with van der Waals surface area (Å²) < 4.78 is 17.3. The van der Waals surface area contributed by atoms with Gasteiger partial charge in [-0.25, -0.2) is 4.99 Å². The first-order valence-electron chi connectivity index (χ1n) is 9.06. The molecule has 4 rings (SSSR count). The number of rotatable bonds is 5. The van der Waals surface area contributed by atoms with E-state index in [1.165, 1.54) is 0 Å². The molecule has 138 valence electrons. The largest absolute Gasteiger partial charge is 0.494 e. The van der Waals surface area contributed by atoms with Gasteiger partial charge in [0.15, 0.2) is 17.3 Å². The van der Waals surface area contributed by atoms with E-state index in [9.17, 15) is 0 Å². The number of para-hydroxylation sites is 1. The van der Waals surface area contributed by atoms with Crippen LogP contribution in [0.4, 0.5) is 0 Å². The highest BCUT2D eigenvalue weighted by Gasteiger charge is 2.34. The minimum absolute atomic E-state index is 0.115. The third-order valence-corrected chi connectivity index (χ3v) is 4.82. The van der Waals surface area contributed by atoms with Gasteiger partial charge in [0.25, 0.3) is 0 Å². The van der Waals surface area contributed by atoms with Crippen molar-refractivity contribution in [1.29, 1.82) is 0 Å². The molecule has 2 aliphatic heterocycles. The predicted octanol–water partition coefficient (Wildman–Crippen LogP) is 4.22. The van der Waals surface area contributed by atoms with Crippen molar-refractivity contribution in [2.75, 3.05) is 13.2 Å². The zero-order chi connectivity index (χ0) is 18.8. The minimum Gasteiger partial charge on any atom is -0.494 e. The van der Waals surface area contributed by atoms with E-state index in [-0.39, 0.29) is 5.92 Å². The molecule has 0 aromatic heterocycles. The maximum atomic E-state index is 6.14. The van der Waals surface area contributed by atoms with Gasteiger partial charge in [-0.05, 0) is 56.2 Å². The average Bonchev–Trinajstić information content (AvgIpc) is 2.68. The lowest BCUT2D eigenvalue weighted by atomic mass is 9.94. The third-order valence-electron chi connectivity index (χ3n) is 4.44. The van der Waals surface area contributed by atoms with Crippen molar-refractivity contribution in [2.45, 2.75) is 20.3 Å². The van der Waals surface area contributed by atoms with Crippen LogP contribution in [0.3, 0.4) is 0 Å². The first-order chi connectivity index (χ1) is 13.2. The van der Waals surface area contributed by atoms with E-state index in [0.717, 1.165) is 28.4 Å². The molecule has 6 heteroatoms. The van der Waals surface area contributed by atoms with Crippen molar-refractivity contribution in [3.63, 3.8) is 0 Å². The predicted molar refractivity (Wildman–Crippen MR) is 110 cm³/mol. The average molecular weight is 380 g/mol. The van der Waals surface area contributed by atoms with Gasteiger partial charge in [0, 0.05) is 5.56 Å². The molecule has 5 nitrogen and oxygen atoms in total. The summed E-state index contributed by atoms with van der Waals surface area (Å²) in [6.07, 6.45) is 0.716. The molecule has 2 aliphatic rings. The molecule has 0 aliphatic carbocycles. The Bertz CT molecular complexity index is 935. The van der Waals surface area contributed by atoms with E-state index in [2.05, 4.69) is 9.98 Å². The Hall–Kier alpha value is -2.73. The first kappa shape index (κ1) is 17.7. The molecule has 0 spiro atoms. The van der Waals surface area contributed by atoms with Crippen LogP contribution in [0.25, 0.3) is 0 Å². The highest BCUT2D eigenvalue weighted by atomic mass is 32.1. The molecule has 1 unspecified atom stereocenters. The SMILES string of the molecule is CCOc1ccc(C2=NC(=S)C3Cc4cccc(OCC)c4OC3=N2)cc1. The summed E-state index contributed by atoms with van der Waals surface area (Å²) in [4.78, 5) is 9.81. The van der Waals surface area contributed by atoms with Crippen molar-refractivity contribution in [2.24, 2.45) is 15.9 Å². The molecular formula is C21H20N2O3S. The molecule has 2 aromatic carbocycles. The Morgan fingerprint density at radius 3 is 2.56 bits per heavy atom. The van der Waals surface area contributed by atoms with Gasteiger partial charge in [-0.3, -0.25) is 0 Å². The molecule has 0 bridgehead atoms. The second-order valence-electron chi connectivity index (χ2n) is 6.22. The van der Waals surface area contributed by atoms with Crippen molar-refractivity contribution in [3.8, 4) is 17.2 Å². The molecule has 1 atom stereocenters. The Balaban J connectivity index is 1.66. The van der Waals surface area contributed by atoms with E-state index in [1.807, 2.05) is 56.3 Å². The lowest BCUT2D eigenvalue weighted by Gasteiger charge is -2.29. The molecule has 0 fully saturated rings. The number of benzene rings is 2. The fraction of sp³-hybridized carbons (Fsp3) is 0.286. The molecule has 2 heterocycles. The summed E-state index contributed by atoms with van der Waals surface area (Å²) in [6.45, 7) is 5.12. The normalized spacial score (nSPS) is 17.9. The number of ether oxygens (including phenoxy) is 3. The van der Waals surface area contributed by atoms with Gasteiger partial charge >= 0.3 is 0 Å². The topological polar surface area (TPSA) is 52.4 Å². The van der Waals surface area contributed by atoms with Crippen LogP contribution >= 0.6 is 12.2 Å². The van der Waals surface area contributed by atoms with E-state index in [4.69, 9.17) is 26.4 Å². The van der Waals surface area contributed by atoms with Gasteiger partial charge in [0.2, 0.25) is 5.90 Å². The van der Waals surface area contributed by atoms with Gasteiger partial charge in [-0.15, -0.1) is 0 Å². The van der Waals surface area contributed by atoms with Gasteiger partial charge in [-0.2, -0.15) is 4.99 Å². The maximum Gasteiger partial charge on any atom is 0.207 e. The van der Waals surface area contributed by atoms with E-state index >= 15 is 0 Å². The van der Waals surface area contributed by atoms with Crippen LogP contribution in [0.5, 0.6) is 17.2 Å². The molecular weight excluding hydrogens is 360 g/mol. The molecule has 0 amide bonds. The summed E-state index contributed by atoms with van der Waals surface area (Å²) >= 11 is 5.56. The lowest BCUT2D eigenvalue weighted by molar-refractivity contribution is 0.321. The molecule has 0 saturated heterocycles. The van der Waals surface area contributed by atoms with Crippen molar-refractivity contribution in [1.82, 2.24) is 0 Å². The molecule has 0 saturated carbocycles. The summed E-state index contributed by atoms with van der Waals surface area (Å²) in [5, 5.41) is 0. The van der Waals surface area contributed by atoms with Crippen LogP contribution in [0.15, 0.2) is 52.4 Å². The van der Waals surface area contributed by atoms with Crippen molar-refractivity contribution < 1.29 is 14.2 Å². The molecule has 0 radical (unpaired) electrons. The number of fused-ring (bicyclic) bond motifs is 2. The molecule has 2 aromatic rings.